The molecule has 2 nitrogen and oxygen atoms in total. The van der Waals surface area contributed by atoms with Crippen LogP contribution in [-0.4, -0.2) is 11.4 Å². The van der Waals surface area contributed by atoms with Crippen LogP contribution in [0, 0.1) is 11.3 Å². The van der Waals surface area contributed by atoms with E-state index in [2.05, 4.69) is 29.2 Å². The highest BCUT2D eigenvalue weighted by atomic mass is 35.5. The summed E-state index contributed by atoms with van der Waals surface area (Å²) in [5.41, 5.74) is 3.78. The number of rotatable bonds is 2. The van der Waals surface area contributed by atoms with Crippen molar-refractivity contribution >= 4 is 11.6 Å². The molecule has 0 radical (unpaired) electrons. The van der Waals surface area contributed by atoms with Crippen molar-refractivity contribution < 1.29 is 0 Å². The van der Waals surface area contributed by atoms with Crippen LogP contribution in [0.5, 0.6) is 0 Å². The number of halogens is 1. The van der Waals surface area contributed by atoms with Gasteiger partial charge in [0.2, 0.25) is 0 Å². The van der Waals surface area contributed by atoms with Crippen LogP contribution in [0.15, 0.2) is 48.5 Å². The topological polar surface area (TPSA) is 27.0 Å². The standard InChI is InChI=1S/C16H13ClN2/c17-14-7-5-12(6-8-14)16-15-4-2-1-3-13(15)11-19(16)10-9-18/h1-8,16H,10-11H2. The predicted octanol–water partition coefficient (Wildman–Crippen LogP) is 3.77. The van der Waals surface area contributed by atoms with Crippen molar-refractivity contribution in [3.63, 3.8) is 0 Å². The van der Waals surface area contributed by atoms with Crippen molar-refractivity contribution in [2.75, 3.05) is 6.54 Å². The van der Waals surface area contributed by atoms with Crippen LogP contribution in [0.1, 0.15) is 22.7 Å². The normalized spacial score (nSPS) is 18.0. The van der Waals surface area contributed by atoms with E-state index < -0.39 is 0 Å². The first-order chi connectivity index (χ1) is 9.29. The molecule has 0 bridgehead atoms. The Morgan fingerprint density at radius 2 is 1.89 bits per heavy atom. The summed E-state index contributed by atoms with van der Waals surface area (Å²) < 4.78 is 0. The molecule has 1 atom stereocenters. The lowest BCUT2D eigenvalue weighted by Gasteiger charge is -2.22. The first kappa shape index (κ1) is 12.2. The molecule has 0 aliphatic carbocycles. The fraction of sp³-hybridized carbons (Fsp3) is 0.188. The summed E-state index contributed by atoms with van der Waals surface area (Å²) >= 11 is 5.95. The van der Waals surface area contributed by atoms with Gasteiger partial charge >= 0.3 is 0 Å². The van der Waals surface area contributed by atoms with Gasteiger partial charge in [0.15, 0.2) is 0 Å². The average molecular weight is 269 g/mol. The first-order valence-electron chi connectivity index (χ1n) is 6.24. The molecule has 3 heteroatoms. The van der Waals surface area contributed by atoms with E-state index in [-0.39, 0.29) is 6.04 Å². The van der Waals surface area contributed by atoms with Gasteiger partial charge in [-0.2, -0.15) is 5.26 Å². The van der Waals surface area contributed by atoms with Gasteiger partial charge in [0, 0.05) is 11.6 Å². The van der Waals surface area contributed by atoms with E-state index in [0.29, 0.717) is 6.54 Å². The molecule has 0 saturated heterocycles. The van der Waals surface area contributed by atoms with Gasteiger partial charge in [0.25, 0.3) is 0 Å². The van der Waals surface area contributed by atoms with Crippen molar-refractivity contribution in [3.05, 3.63) is 70.2 Å². The second-order valence-corrected chi connectivity index (χ2v) is 5.15. The van der Waals surface area contributed by atoms with E-state index in [4.69, 9.17) is 16.9 Å². The summed E-state index contributed by atoms with van der Waals surface area (Å²) in [6.45, 7) is 1.26. The zero-order chi connectivity index (χ0) is 13.2. The van der Waals surface area contributed by atoms with E-state index >= 15 is 0 Å². The molecule has 0 saturated carbocycles. The summed E-state index contributed by atoms with van der Waals surface area (Å²) in [6, 6.07) is 18.7. The van der Waals surface area contributed by atoms with Crippen molar-refractivity contribution in [2.24, 2.45) is 0 Å². The van der Waals surface area contributed by atoms with Crippen molar-refractivity contribution in [1.29, 1.82) is 5.26 Å². The van der Waals surface area contributed by atoms with Gasteiger partial charge in [-0.25, -0.2) is 0 Å². The van der Waals surface area contributed by atoms with Crippen molar-refractivity contribution in [3.8, 4) is 6.07 Å². The number of nitriles is 1. The number of fused-ring (bicyclic) bond motifs is 1. The van der Waals surface area contributed by atoms with E-state index in [0.717, 1.165) is 11.6 Å². The Kier molecular flexibility index (Phi) is 3.25. The number of benzene rings is 2. The molecule has 1 aliphatic heterocycles. The third kappa shape index (κ3) is 2.23. The second kappa shape index (κ2) is 5.05. The lowest BCUT2D eigenvalue weighted by atomic mass is 9.98. The zero-order valence-electron chi connectivity index (χ0n) is 10.4. The maximum atomic E-state index is 9.00. The molecular weight excluding hydrogens is 256 g/mol. The van der Waals surface area contributed by atoms with Crippen LogP contribution in [0.25, 0.3) is 0 Å². The van der Waals surface area contributed by atoms with Gasteiger partial charge < -0.3 is 0 Å². The van der Waals surface area contributed by atoms with E-state index in [1.54, 1.807) is 0 Å². The first-order valence-corrected chi connectivity index (χ1v) is 6.61. The fourth-order valence-corrected chi connectivity index (χ4v) is 2.85. The molecule has 0 N–H and O–H groups in total. The van der Waals surface area contributed by atoms with E-state index in [9.17, 15) is 0 Å². The summed E-state index contributed by atoms with van der Waals surface area (Å²) in [6.07, 6.45) is 0. The lowest BCUT2D eigenvalue weighted by Crippen LogP contribution is -2.23. The van der Waals surface area contributed by atoms with Crippen molar-refractivity contribution in [1.82, 2.24) is 4.90 Å². The zero-order valence-corrected chi connectivity index (χ0v) is 11.1. The van der Waals surface area contributed by atoms with Crippen molar-refractivity contribution in [2.45, 2.75) is 12.6 Å². The predicted molar refractivity (Wildman–Crippen MR) is 75.8 cm³/mol. The van der Waals surface area contributed by atoms with Gasteiger partial charge in [-0.15, -0.1) is 0 Å². The molecule has 0 spiro atoms. The molecule has 19 heavy (non-hydrogen) atoms. The Morgan fingerprint density at radius 3 is 2.63 bits per heavy atom. The maximum Gasteiger partial charge on any atom is 0.0876 e. The maximum absolute atomic E-state index is 9.00. The Balaban J connectivity index is 2.05. The lowest BCUT2D eigenvalue weighted by molar-refractivity contribution is 0.275. The van der Waals surface area contributed by atoms with Gasteiger partial charge in [-0.05, 0) is 28.8 Å². The molecule has 2 aromatic carbocycles. The molecule has 0 amide bonds. The minimum atomic E-state index is 0.160. The molecule has 0 aromatic heterocycles. The minimum absolute atomic E-state index is 0.160. The highest BCUT2D eigenvalue weighted by Gasteiger charge is 2.30. The minimum Gasteiger partial charge on any atom is -0.275 e. The highest BCUT2D eigenvalue weighted by molar-refractivity contribution is 6.30. The molecule has 94 valence electrons. The highest BCUT2D eigenvalue weighted by Crippen LogP contribution is 2.38. The molecule has 1 heterocycles. The molecular formula is C16H13ClN2. The van der Waals surface area contributed by atoms with Gasteiger partial charge in [0.1, 0.15) is 0 Å². The van der Waals surface area contributed by atoms with Crippen LogP contribution >= 0.6 is 11.6 Å². The Labute approximate surface area is 117 Å². The smallest absolute Gasteiger partial charge is 0.0876 e. The molecule has 3 rings (SSSR count). The second-order valence-electron chi connectivity index (χ2n) is 4.72. The number of hydrogen-bond donors (Lipinski definition) is 0. The van der Waals surface area contributed by atoms with Gasteiger partial charge in [-0.1, -0.05) is 48.0 Å². The van der Waals surface area contributed by atoms with Crippen LogP contribution in [-0.2, 0) is 6.54 Å². The van der Waals surface area contributed by atoms with Crippen LogP contribution in [0.2, 0.25) is 5.02 Å². The molecule has 1 aliphatic rings. The average Bonchev–Trinajstić information content (AvgIpc) is 2.78. The Morgan fingerprint density at radius 1 is 1.16 bits per heavy atom. The number of nitrogens with zero attached hydrogens (tertiary/aromatic N) is 2. The summed E-state index contributed by atoms with van der Waals surface area (Å²) in [5.74, 6) is 0. The number of hydrogen-bond acceptors (Lipinski definition) is 2. The molecule has 0 fully saturated rings. The van der Waals surface area contributed by atoms with E-state index in [1.807, 2.05) is 30.3 Å². The monoisotopic (exact) mass is 268 g/mol. The summed E-state index contributed by atoms with van der Waals surface area (Å²) in [7, 11) is 0. The Bertz CT molecular complexity index is 628. The quantitative estimate of drug-likeness (QED) is 0.776. The molecule has 1 unspecified atom stereocenters. The van der Waals surface area contributed by atoms with Crippen LogP contribution in [0.4, 0.5) is 0 Å². The van der Waals surface area contributed by atoms with Gasteiger partial charge in [-0.3, -0.25) is 4.90 Å². The third-order valence-electron chi connectivity index (χ3n) is 3.55. The summed E-state index contributed by atoms with van der Waals surface area (Å²) in [5, 5.41) is 9.74. The molecule has 2 aromatic rings. The SMILES string of the molecule is N#CCN1Cc2ccccc2C1c1ccc(Cl)cc1. The third-order valence-corrected chi connectivity index (χ3v) is 3.80. The van der Waals surface area contributed by atoms with Crippen LogP contribution in [0.3, 0.4) is 0 Å². The Hall–Kier alpha value is -1.82. The van der Waals surface area contributed by atoms with Gasteiger partial charge in [0.05, 0.1) is 18.7 Å². The van der Waals surface area contributed by atoms with Crippen LogP contribution < -0.4 is 0 Å². The van der Waals surface area contributed by atoms with E-state index in [1.165, 1.54) is 16.7 Å². The fourth-order valence-electron chi connectivity index (χ4n) is 2.73. The largest absolute Gasteiger partial charge is 0.275 e. The summed E-state index contributed by atoms with van der Waals surface area (Å²) in [4.78, 5) is 2.19.